The molecule has 2 N–H and O–H groups in total. The lowest BCUT2D eigenvalue weighted by Gasteiger charge is -2.19. The molecular weight excluding hydrogens is 344 g/mol. The minimum atomic E-state index is 0.205. The molecule has 0 spiro atoms. The number of allylic oxidation sites excluding steroid dienone is 2. The van der Waals surface area contributed by atoms with E-state index in [-0.39, 0.29) is 39.0 Å². The van der Waals surface area contributed by atoms with Crippen molar-refractivity contribution >= 4 is 0 Å². The minimum absolute atomic E-state index is 0.205. The summed E-state index contributed by atoms with van der Waals surface area (Å²) in [5, 5.41) is 17.5. The predicted molar refractivity (Wildman–Crippen MR) is 111 cm³/mol. The average Bonchev–Trinajstić information content (AvgIpc) is 2.67. The zero-order valence-electron chi connectivity index (χ0n) is 17.5. The van der Waals surface area contributed by atoms with Gasteiger partial charge in [0.25, 0.3) is 0 Å². The van der Waals surface area contributed by atoms with Crippen molar-refractivity contribution in [2.45, 2.75) is 90.3 Å². The zero-order valence-corrected chi connectivity index (χ0v) is 17.5. The van der Waals surface area contributed by atoms with Crippen molar-refractivity contribution in [3.05, 3.63) is 24.3 Å². The van der Waals surface area contributed by atoms with Gasteiger partial charge >= 0.3 is 0 Å². The van der Waals surface area contributed by atoms with Crippen LogP contribution in [0.3, 0.4) is 0 Å². The Morgan fingerprint density at radius 3 is 1.41 bits per heavy atom. The Morgan fingerprint density at radius 1 is 0.630 bits per heavy atom. The number of aliphatic hydroxyl groups is 2. The normalized spacial score (nSPS) is 14.4. The van der Waals surface area contributed by atoms with E-state index in [0.717, 1.165) is 64.2 Å². The first-order chi connectivity index (χ1) is 13.3. The highest BCUT2D eigenvalue weighted by molar-refractivity contribution is 4.82. The number of rotatable bonds is 20. The van der Waals surface area contributed by atoms with Crippen LogP contribution in [0, 0.1) is 0 Å². The standard InChI is InChI=1S/C22H42O5/c1-3-13-21(15-9-5-7-11-17-23)26-19-25-20-27-22(14-4-2)16-10-6-8-12-18-24/h5-8,21-24H,3-4,9-20H2,1-2H3/b7-5+,8-6+. The van der Waals surface area contributed by atoms with E-state index in [9.17, 15) is 0 Å². The fourth-order valence-electron chi connectivity index (χ4n) is 2.77. The molecule has 0 aliphatic heterocycles. The summed E-state index contributed by atoms with van der Waals surface area (Å²) in [7, 11) is 0. The van der Waals surface area contributed by atoms with Gasteiger partial charge in [0.05, 0.1) is 12.2 Å². The van der Waals surface area contributed by atoms with E-state index in [0.29, 0.717) is 0 Å². The second kappa shape index (κ2) is 21.6. The third-order valence-corrected chi connectivity index (χ3v) is 4.23. The average molecular weight is 387 g/mol. The third kappa shape index (κ3) is 18.4. The Bertz CT molecular complexity index is 312. The van der Waals surface area contributed by atoms with Gasteiger partial charge in [0, 0.05) is 13.2 Å². The highest BCUT2D eigenvalue weighted by Gasteiger charge is 2.09. The maximum atomic E-state index is 8.76. The molecule has 0 radical (unpaired) electrons. The second-order valence-corrected chi connectivity index (χ2v) is 6.72. The molecule has 2 atom stereocenters. The van der Waals surface area contributed by atoms with Gasteiger partial charge in [-0.3, -0.25) is 0 Å². The van der Waals surface area contributed by atoms with Gasteiger partial charge in [-0.25, -0.2) is 0 Å². The van der Waals surface area contributed by atoms with Crippen molar-refractivity contribution < 1.29 is 24.4 Å². The van der Waals surface area contributed by atoms with Gasteiger partial charge in [-0.05, 0) is 51.4 Å². The van der Waals surface area contributed by atoms with Crippen LogP contribution in [0.5, 0.6) is 0 Å². The number of aliphatic hydroxyl groups excluding tert-OH is 2. The highest BCUT2D eigenvalue weighted by atomic mass is 16.7. The number of ether oxygens (including phenoxy) is 3. The first-order valence-electron chi connectivity index (χ1n) is 10.6. The Hall–Kier alpha value is -0.720. The molecule has 5 nitrogen and oxygen atoms in total. The SMILES string of the molecule is CCCC(CC/C=C/CCO)OCOCOC(CCC)CC/C=C/CCO. The van der Waals surface area contributed by atoms with Crippen molar-refractivity contribution in [2.24, 2.45) is 0 Å². The number of hydrogen-bond acceptors (Lipinski definition) is 5. The van der Waals surface area contributed by atoms with Gasteiger partial charge in [-0.1, -0.05) is 51.0 Å². The quantitative estimate of drug-likeness (QED) is 0.180. The summed E-state index contributed by atoms with van der Waals surface area (Å²) in [5.41, 5.74) is 0. The van der Waals surface area contributed by atoms with E-state index in [1.165, 1.54) is 0 Å². The molecule has 0 heterocycles. The molecule has 0 rings (SSSR count). The largest absolute Gasteiger partial charge is 0.396 e. The van der Waals surface area contributed by atoms with Crippen molar-refractivity contribution in [3.63, 3.8) is 0 Å². The Labute approximate surface area is 166 Å². The van der Waals surface area contributed by atoms with Gasteiger partial charge in [0.1, 0.15) is 13.6 Å². The van der Waals surface area contributed by atoms with Crippen molar-refractivity contribution in [1.82, 2.24) is 0 Å². The first-order valence-corrected chi connectivity index (χ1v) is 10.6. The predicted octanol–water partition coefficient (Wildman–Crippen LogP) is 4.73. The van der Waals surface area contributed by atoms with E-state index in [1.807, 2.05) is 12.2 Å². The van der Waals surface area contributed by atoms with Crippen LogP contribution in [0.1, 0.15) is 78.1 Å². The fraction of sp³-hybridized carbons (Fsp3) is 0.818. The summed E-state index contributed by atoms with van der Waals surface area (Å²) in [6, 6.07) is 0. The van der Waals surface area contributed by atoms with Crippen LogP contribution in [0.15, 0.2) is 24.3 Å². The molecule has 0 amide bonds. The molecule has 2 unspecified atom stereocenters. The van der Waals surface area contributed by atoms with E-state index < -0.39 is 0 Å². The van der Waals surface area contributed by atoms with Gasteiger partial charge in [-0.15, -0.1) is 0 Å². The molecule has 0 saturated heterocycles. The third-order valence-electron chi connectivity index (χ3n) is 4.23. The molecular formula is C22H42O5. The molecule has 5 heteroatoms. The van der Waals surface area contributed by atoms with E-state index >= 15 is 0 Å². The highest BCUT2D eigenvalue weighted by Crippen LogP contribution is 2.12. The van der Waals surface area contributed by atoms with Crippen LogP contribution >= 0.6 is 0 Å². The lowest BCUT2D eigenvalue weighted by molar-refractivity contribution is -0.167. The zero-order chi connectivity index (χ0) is 20.0. The smallest absolute Gasteiger partial charge is 0.149 e. The molecule has 0 fully saturated rings. The molecule has 0 aromatic heterocycles. The summed E-state index contributed by atoms with van der Waals surface area (Å²) in [6.07, 6.45) is 18.2. The van der Waals surface area contributed by atoms with Crippen LogP contribution in [-0.4, -0.2) is 49.2 Å². The Balaban J connectivity index is 3.90. The lowest BCUT2D eigenvalue weighted by atomic mass is 10.1. The molecule has 0 aromatic rings. The molecule has 160 valence electrons. The van der Waals surface area contributed by atoms with Crippen LogP contribution in [-0.2, 0) is 14.2 Å². The monoisotopic (exact) mass is 386 g/mol. The van der Waals surface area contributed by atoms with Crippen LogP contribution < -0.4 is 0 Å². The molecule has 0 aromatic carbocycles. The summed E-state index contributed by atoms with van der Waals surface area (Å²) in [6.45, 7) is 5.26. The van der Waals surface area contributed by atoms with Gasteiger partial charge < -0.3 is 24.4 Å². The summed E-state index contributed by atoms with van der Waals surface area (Å²) in [4.78, 5) is 0. The maximum Gasteiger partial charge on any atom is 0.149 e. The van der Waals surface area contributed by atoms with Gasteiger partial charge in [-0.2, -0.15) is 0 Å². The molecule has 0 saturated carbocycles. The second-order valence-electron chi connectivity index (χ2n) is 6.72. The Kier molecular flexibility index (Phi) is 21.0. The van der Waals surface area contributed by atoms with Gasteiger partial charge in [0.2, 0.25) is 0 Å². The van der Waals surface area contributed by atoms with Crippen LogP contribution in [0.25, 0.3) is 0 Å². The molecule has 0 aliphatic carbocycles. The number of hydrogen-bond donors (Lipinski definition) is 2. The van der Waals surface area contributed by atoms with Crippen molar-refractivity contribution in [3.8, 4) is 0 Å². The van der Waals surface area contributed by atoms with Gasteiger partial charge in [0.15, 0.2) is 0 Å². The molecule has 0 bridgehead atoms. The van der Waals surface area contributed by atoms with Crippen molar-refractivity contribution in [2.75, 3.05) is 26.8 Å². The Morgan fingerprint density at radius 2 is 1.04 bits per heavy atom. The summed E-state index contributed by atoms with van der Waals surface area (Å²) >= 11 is 0. The summed E-state index contributed by atoms with van der Waals surface area (Å²) < 4.78 is 17.2. The molecule has 27 heavy (non-hydrogen) atoms. The topological polar surface area (TPSA) is 68.2 Å². The van der Waals surface area contributed by atoms with E-state index in [1.54, 1.807) is 0 Å². The van der Waals surface area contributed by atoms with Crippen molar-refractivity contribution in [1.29, 1.82) is 0 Å². The summed E-state index contributed by atoms with van der Waals surface area (Å²) in [5.74, 6) is 0. The maximum absolute atomic E-state index is 8.76. The first kappa shape index (κ1) is 26.3. The fourth-order valence-corrected chi connectivity index (χ4v) is 2.77. The van der Waals surface area contributed by atoms with Crippen LogP contribution in [0.2, 0.25) is 0 Å². The van der Waals surface area contributed by atoms with Crippen LogP contribution in [0.4, 0.5) is 0 Å². The molecule has 0 aliphatic rings. The lowest BCUT2D eigenvalue weighted by Crippen LogP contribution is -2.18. The van der Waals surface area contributed by atoms with E-state index in [2.05, 4.69) is 26.0 Å². The minimum Gasteiger partial charge on any atom is -0.396 e. The van der Waals surface area contributed by atoms with E-state index in [4.69, 9.17) is 24.4 Å².